The summed E-state index contributed by atoms with van der Waals surface area (Å²) in [5.74, 6) is 1.17. The molecule has 1 aromatic heterocycles. The van der Waals surface area contributed by atoms with Crippen molar-refractivity contribution in [3.63, 3.8) is 0 Å². The molecule has 0 saturated heterocycles. The van der Waals surface area contributed by atoms with Crippen molar-refractivity contribution in [2.24, 2.45) is 0 Å². The number of amides is 1. The van der Waals surface area contributed by atoms with Gasteiger partial charge in [-0.2, -0.15) is 0 Å². The molecule has 29 heavy (non-hydrogen) atoms. The number of nitrogens with zero attached hydrogens (tertiary/aromatic N) is 3. The average Bonchev–Trinajstić information content (AvgIpc) is 3.07. The van der Waals surface area contributed by atoms with Gasteiger partial charge in [-0.1, -0.05) is 41.6 Å². The van der Waals surface area contributed by atoms with Crippen LogP contribution >= 0.6 is 23.4 Å². The van der Waals surface area contributed by atoms with Gasteiger partial charge in [0.15, 0.2) is 0 Å². The number of methoxy groups -OCH3 is 1. The fourth-order valence-electron chi connectivity index (χ4n) is 3.22. The van der Waals surface area contributed by atoms with E-state index >= 15 is 0 Å². The summed E-state index contributed by atoms with van der Waals surface area (Å²) >= 11 is 7.71. The predicted molar refractivity (Wildman–Crippen MR) is 114 cm³/mol. The third-order valence-electron chi connectivity index (χ3n) is 4.68. The van der Waals surface area contributed by atoms with E-state index in [2.05, 4.69) is 20.9 Å². The number of carbonyl (C=O) groups is 1. The van der Waals surface area contributed by atoms with Crippen LogP contribution in [0.1, 0.15) is 23.0 Å². The number of hydrogen-bond acceptors (Lipinski definition) is 6. The van der Waals surface area contributed by atoms with Gasteiger partial charge in [0, 0.05) is 5.69 Å². The Morgan fingerprint density at radius 3 is 2.79 bits per heavy atom. The van der Waals surface area contributed by atoms with Gasteiger partial charge in [0.1, 0.15) is 16.8 Å². The van der Waals surface area contributed by atoms with E-state index in [-0.39, 0.29) is 11.9 Å². The largest absolute Gasteiger partial charge is 0.495 e. The normalized spacial score (nSPS) is 17.9. The molecular formula is C20H20ClN5O2S. The maximum Gasteiger partial charge on any atom is 0.240 e. The van der Waals surface area contributed by atoms with Crippen LogP contribution in [-0.2, 0) is 4.79 Å². The van der Waals surface area contributed by atoms with Crippen LogP contribution in [0.25, 0.3) is 0 Å². The van der Waals surface area contributed by atoms with E-state index in [1.54, 1.807) is 17.9 Å². The number of ether oxygens (including phenoxy) is 1. The minimum Gasteiger partial charge on any atom is -0.495 e. The molecule has 0 radical (unpaired) electrons. The number of anilines is 1. The molecule has 0 bridgehead atoms. The molecule has 150 valence electrons. The topological polar surface area (TPSA) is 81.1 Å². The summed E-state index contributed by atoms with van der Waals surface area (Å²) in [7, 11) is 1.57. The van der Waals surface area contributed by atoms with Crippen molar-refractivity contribution < 1.29 is 9.53 Å². The Morgan fingerprint density at radius 2 is 2.07 bits per heavy atom. The van der Waals surface area contributed by atoms with Crippen molar-refractivity contribution in [2.75, 3.05) is 17.9 Å². The van der Waals surface area contributed by atoms with Gasteiger partial charge in [-0.05, 0) is 49.2 Å². The third kappa shape index (κ3) is 3.90. The van der Waals surface area contributed by atoms with Gasteiger partial charge in [0.25, 0.3) is 0 Å². The van der Waals surface area contributed by atoms with Crippen LogP contribution in [0.15, 0.2) is 47.6 Å². The Balaban J connectivity index is 1.68. The Morgan fingerprint density at radius 1 is 1.24 bits per heavy atom. The number of rotatable bonds is 4. The lowest BCUT2D eigenvalue weighted by Crippen LogP contribution is -2.41. The molecule has 0 saturated carbocycles. The molecule has 0 aliphatic carbocycles. The number of carbonyl (C=O) groups excluding carboxylic acids is 1. The molecule has 0 spiro atoms. The molecule has 2 N–H and O–H groups in total. The molecule has 2 heterocycles. The van der Waals surface area contributed by atoms with E-state index < -0.39 is 5.25 Å². The zero-order valence-electron chi connectivity index (χ0n) is 16.1. The van der Waals surface area contributed by atoms with Gasteiger partial charge in [-0.3, -0.25) is 4.79 Å². The summed E-state index contributed by atoms with van der Waals surface area (Å²) in [6, 6.07) is 12.9. The summed E-state index contributed by atoms with van der Waals surface area (Å²) in [5.41, 5.74) is 6.06. The predicted octanol–water partition coefficient (Wildman–Crippen LogP) is 3.95. The fraction of sp³-hybridized carbons (Fsp3) is 0.250. The highest BCUT2D eigenvalue weighted by Crippen LogP contribution is 2.39. The number of nitrogens with one attached hydrogen (secondary N) is 2. The molecule has 2 atom stereocenters. The lowest BCUT2D eigenvalue weighted by Gasteiger charge is -2.33. The molecule has 1 aliphatic heterocycles. The van der Waals surface area contributed by atoms with Crippen molar-refractivity contribution in [1.82, 2.24) is 14.9 Å². The standard InChI is InChI=1S/C20H20ClN5O2S/c1-11-5-4-6-14(9-11)22-19(27)18-17(13-7-8-16(28-3)15(21)10-13)25-26-12(2)23-24-20(26)29-18/h4-10,17-18,25H,1-3H3,(H,22,27)/t17-,18+/m1/s1. The molecule has 1 aliphatic rings. The van der Waals surface area contributed by atoms with Crippen LogP contribution in [0.4, 0.5) is 5.69 Å². The number of benzene rings is 2. The van der Waals surface area contributed by atoms with Crippen LogP contribution in [0, 0.1) is 13.8 Å². The zero-order valence-corrected chi connectivity index (χ0v) is 17.7. The lowest BCUT2D eigenvalue weighted by molar-refractivity contribution is -0.116. The first kappa shape index (κ1) is 19.6. The average molecular weight is 430 g/mol. The van der Waals surface area contributed by atoms with E-state index in [0.717, 1.165) is 22.6 Å². The number of aromatic nitrogens is 3. The molecule has 0 unspecified atom stereocenters. The maximum atomic E-state index is 13.2. The summed E-state index contributed by atoms with van der Waals surface area (Å²) in [4.78, 5) is 13.2. The minimum absolute atomic E-state index is 0.128. The van der Waals surface area contributed by atoms with Crippen LogP contribution in [-0.4, -0.2) is 33.1 Å². The van der Waals surface area contributed by atoms with Gasteiger partial charge >= 0.3 is 0 Å². The first-order valence-corrected chi connectivity index (χ1v) is 10.3. The first-order chi connectivity index (χ1) is 14.0. The lowest BCUT2D eigenvalue weighted by atomic mass is 10.0. The zero-order chi connectivity index (χ0) is 20.5. The molecule has 0 fully saturated rings. The first-order valence-electron chi connectivity index (χ1n) is 9.02. The Bertz CT molecular complexity index is 1070. The van der Waals surface area contributed by atoms with Gasteiger partial charge < -0.3 is 15.5 Å². The van der Waals surface area contributed by atoms with E-state index in [9.17, 15) is 4.79 Å². The van der Waals surface area contributed by atoms with Gasteiger partial charge in [-0.15, -0.1) is 10.2 Å². The van der Waals surface area contributed by atoms with Crippen LogP contribution in [0.2, 0.25) is 5.02 Å². The molecule has 2 aromatic carbocycles. The number of halogens is 1. The highest BCUT2D eigenvalue weighted by molar-refractivity contribution is 8.00. The van der Waals surface area contributed by atoms with E-state index in [0.29, 0.717) is 15.9 Å². The van der Waals surface area contributed by atoms with E-state index in [4.69, 9.17) is 16.3 Å². The second kappa shape index (κ2) is 7.96. The van der Waals surface area contributed by atoms with Crippen LogP contribution < -0.4 is 15.5 Å². The van der Waals surface area contributed by atoms with Crippen molar-refractivity contribution in [2.45, 2.75) is 30.3 Å². The summed E-state index contributed by atoms with van der Waals surface area (Å²) in [5, 5.41) is 11.9. The quantitative estimate of drug-likeness (QED) is 0.653. The summed E-state index contributed by atoms with van der Waals surface area (Å²) in [6.45, 7) is 3.84. The minimum atomic E-state index is -0.476. The van der Waals surface area contributed by atoms with Gasteiger partial charge in [0.2, 0.25) is 11.1 Å². The SMILES string of the molecule is COc1ccc([C@H]2Nn3c(C)nnc3S[C@@H]2C(=O)Nc2cccc(C)c2)cc1Cl. The number of hydrogen-bond donors (Lipinski definition) is 2. The smallest absolute Gasteiger partial charge is 0.240 e. The van der Waals surface area contributed by atoms with Gasteiger partial charge in [0.05, 0.1) is 18.2 Å². The molecule has 3 aromatic rings. The Hall–Kier alpha value is -2.71. The maximum absolute atomic E-state index is 13.2. The van der Waals surface area contributed by atoms with E-state index in [1.165, 1.54) is 11.8 Å². The monoisotopic (exact) mass is 429 g/mol. The van der Waals surface area contributed by atoms with Crippen LogP contribution in [0.3, 0.4) is 0 Å². The number of aryl methyl sites for hydroxylation is 2. The van der Waals surface area contributed by atoms with Gasteiger partial charge in [-0.25, -0.2) is 4.68 Å². The molecule has 4 rings (SSSR count). The highest BCUT2D eigenvalue weighted by Gasteiger charge is 2.37. The Kier molecular flexibility index (Phi) is 5.38. The van der Waals surface area contributed by atoms with Crippen molar-refractivity contribution in [1.29, 1.82) is 0 Å². The second-order valence-electron chi connectivity index (χ2n) is 6.76. The molecular weight excluding hydrogens is 410 g/mol. The molecule has 9 heteroatoms. The fourth-order valence-corrected chi connectivity index (χ4v) is 4.61. The number of fused-ring (bicyclic) bond motifs is 1. The van der Waals surface area contributed by atoms with Crippen molar-refractivity contribution in [3.8, 4) is 5.75 Å². The molecule has 1 amide bonds. The second-order valence-corrected chi connectivity index (χ2v) is 8.28. The highest BCUT2D eigenvalue weighted by atomic mass is 35.5. The number of thioether (sulfide) groups is 1. The summed E-state index contributed by atoms with van der Waals surface area (Å²) < 4.78 is 7.05. The third-order valence-corrected chi connectivity index (χ3v) is 6.19. The molecule has 7 nitrogen and oxygen atoms in total. The Labute approximate surface area is 177 Å². The van der Waals surface area contributed by atoms with E-state index in [1.807, 2.05) is 50.2 Å². The summed E-state index contributed by atoms with van der Waals surface area (Å²) in [6.07, 6.45) is 0. The van der Waals surface area contributed by atoms with Crippen molar-refractivity contribution in [3.05, 3.63) is 64.4 Å². The van der Waals surface area contributed by atoms with Crippen molar-refractivity contribution >= 4 is 35.0 Å². The van der Waals surface area contributed by atoms with Crippen LogP contribution in [0.5, 0.6) is 5.75 Å².